The molecule has 17 nitrogen and oxygen atoms in total. The van der Waals surface area contributed by atoms with E-state index >= 15 is 0 Å². The summed E-state index contributed by atoms with van der Waals surface area (Å²) >= 11 is 0. The van der Waals surface area contributed by atoms with E-state index in [0.29, 0.717) is 10.8 Å². The molecule has 1 N–H and O–H groups in total. The van der Waals surface area contributed by atoms with Crippen LogP contribution in [0.2, 0.25) is 0 Å². The number of carbonyl (C=O) groups excluding carboxylic acids is 6. The van der Waals surface area contributed by atoms with Crippen molar-refractivity contribution in [2.75, 3.05) is 13.7 Å². The molecule has 18 heteroatoms. The van der Waals surface area contributed by atoms with Crippen molar-refractivity contribution in [3.8, 4) is 0 Å². The molecule has 0 radical (unpaired) electrons. The largest absolute Gasteiger partial charge is 0.465 e. The van der Waals surface area contributed by atoms with E-state index < -0.39 is 102 Å². The lowest BCUT2D eigenvalue weighted by molar-refractivity contribution is -0.287. The standard InChI is InChI=1S/C24H29FN2O15/c1-10(28)37-9-17(39-12(3)30)19(41-14(5)32)20-18(40-13(4)31)16(38-11(2)29)7-24(42-20,22(34)36-6)27-8-15(25)21(33)26-23(27)35/h8,16-20H,7,9H2,1-6H3,(H,26,33,35)/t16-,17+,18+,19-,20+,24+/m0/s1. The van der Waals surface area contributed by atoms with Gasteiger partial charge in [-0.3, -0.25) is 38.3 Å². The number of halogens is 1. The van der Waals surface area contributed by atoms with Crippen molar-refractivity contribution >= 4 is 35.8 Å². The molecule has 0 amide bonds. The lowest BCUT2D eigenvalue weighted by Gasteiger charge is -2.48. The predicted molar refractivity (Wildman–Crippen MR) is 130 cm³/mol. The molecule has 1 fully saturated rings. The summed E-state index contributed by atoms with van der Waals surface area (Å²) in [6, 6.07) is 0. The molecule has 1 saturated heterocycles. The summed E-state index contributed by atoms with van der Waals surface area (Å²) in [6.07, 6.45) is -9.65. The van der Waals surface area contributed by atoms with E-state index in [9.17, 15) is 42.7 Å². The molecule has 6 atom stereocenters. The number of esters is 6. The molecular weight excluding hydrogens is 575 g/mol. The quantitative estimate of drug-likeness (QED) is 0.239. The zero-order valence-corrected chi connectivity index (χ0v) is 23.3. The van der Waals surface area contributed by atoms with Gasteiger partial charge >= 0.3 is 41.5 Å². The zero-order chi connectivity index (χ0) is 31.9. The van der Waals surface area contributed by atoms with Crippen molar-refractivity contribution in [3.63, 3.8) is 0 Å². The van der Waals surface area contributed by atoms with Crippen LogP contribution in [-0.2, 0) is 67.7 Å². The molecule has 42 heavy (non-hydrogen) atoms. The summed E-state index contributed by atoms with van der Waals surface area (Å²) < 4.78 is 51.6. The highest BCUT2D eigenvalue weighted by atomic mass is 19.1. The summed E-state index contributed by atoms with van der Waals surface area (Å²) in [6.45, 7) is 4.03. The Bertz CT molecular complexity index is 1350. The van der Waals surface area contributed by atoms with Crippen LogP contribution in [0.1, 0.15) is 41.0 Å². The van der Waals surface area contributed by atoms with E-state index in [1.54, 1.807) is 4.98 Å². The monoisotopic (exact) mass is 604 g/mol. The molecule has 0 spiro atoms. The molecular formula is C24H29FN2O15. The third-order valence-corrected chi connectivity index (χ3v) is 5.67. The molecule has 0 unspecified atom stereocenters. The maximum absolute atomic E-state index is 14.4. The highest BCUT2D eigenvalue weighted by Gasteiger charge is 2.60. The highest BCUT2D eigenvalue weighted by molar-refractivity contribution is 5.78. The number of hydrogen-bond donors (Lipinski definition) is 1. The SMILES string of the molecule is COC(=O)[C@@]1(n2cc(F)c(=O)[nH]c2=O)C[C@H](OC(C)=O)[C@@H](OC(C)=O)[C@H]([C@@H](OC(C)=O)[C@@H](COC(C)=O)OC(C)=O)O1. The van der Waals surface area contributed by atoms with Gasteiger partial charge in [-0.1, -0.05) is 0 Å². The Kier molecular flexibility index (Phi) is 11.1. The summed E-state index contributed by atoms with van der Waals surface area (Å²) in [5.74, 6) is -7.81. The van der Waals surface area contributed by atoms with Crippen LogP contribution >= 0.6 is 0 Å². The topological polar surface area (TPSA) is 222 Å². The van der Waals surface area contributed by atoms with E-state index in [2.05, 4.69) is 0 Å². The van der Waals surface area contributed by atoms with Crippen molar-refractivity contribution < 1.29 is 66.3 Å². The molecule has 0 aromatic carbocycles. The number of aromatic amines is 1. The number of H-pyrrole nitrogens is 1. The van der Waals surface area contributed by atoms with Crippen LogP contribution < -0.4 is 11.2 Å². The fraction of sp³-hybridized carbons (Fsp3) is 0.583. The molecule has 1 aromatic rings. The van der Waals surface area contributed by atoms with Gasteiger partial charge in [0, 0.05) is 41.0 Å². The van der Waals surface area contributed by atoms with E-state index in [-0.39, 0.29) is 0 Å². The molecule has 2 rings (SSSR count). The Balaban J connectivity index is 2.95. The lowest BCUT2D eigenvalue weighted by Crippen LogP contribution is -2.67. The van der Waals surface area contributed by atoms with Crippen molar-refractivity contribution in [3.05, 3.63) is 32.9 Å². The number of carbonyl (C=O) groups is 6. The first-order valence-electron chi connectivity index (χ1n) is 12.1. The Morgan fingerprint density at radius 1 is 0.976 bits per heavy atom. The average molecular weight is 604 g/mol. The first-order valence-corrected chi connectivity index (χ1v) is 12.1. The molecule has 2 heterocycles. The van der Waals surface area contributed by atoms with Crippen LogP contribution in [0.25, 0.3) is 0 Å². The fourth-order valence-corrected chi connectivity index (χ4v) is 4.27. The van der Waals surface area contributed by atoms with E-state index in [1.165, 1.54) is 0 Å². The Morgan fingerprint density at radius 2 is 1.57 bits per heavy atom. The maximum Gasteiger partial charge on any atom is 0.360 e. The third kappa shape index (κ3) is 7.99. The van der Waals surface area contributed by atoms with Gasteiger partial charge in [0.1, 0.15) is 18.8 Å². The molecule has 1 aliphatic rings. The van der Waals surface area contributed by atoms with Gasteiger partial charge < -0.3 is 33.2 Å². The van der Waals surface area contributed by atoms with Crippen molar-refractivity contribution in [1.82, 2.24) is 9.55 Å². The predicted octanol–water partition coefficient (Wildman–Crippen LogP) is -1.42. The highest BCUT2D eigenvalue weighted by Crippen LogP contribution is 2.39. The van der Waals surface area contributed by atoms with E-state index in [4.69, 9.17) is 33.2 Å². The molecule has 1 aliphatic heterocycles. The molecule has 1 aromatic heterocycles. The summed E-state index contributed by atoms with van der Waals surface area (Å²) in [5, 5.41) is 0. The Morgan fingerprint density at radius 3 is 2.07 bits per heavy atom. The van der Waals surface area contributed by atoms with Gasteiger partial charge in [0.2, 0.25) is 5.82 Å². The molecule has 0 bridgehead atoms. The lowest BCUT2D eigenvalue weighted by atomic mass is 9.88. The fourth-order valence-electron chi connectivity index (χ4n) is 4.27. The van der Waals surface area contributed by atoms with Crippen LogP contribution in [0.5, 0.6) is 0 Å². The second-order valence-corrected chi connectivity index (χ2v) is 8.92. The summed E-state index contributed by atoms with van der Waals surface area (Å²) in [4.78, 5) is 99.5. The minimum Gasteiger partial charge on any atom is -0.465 e. The van der Waals surface area contributed by atoms with Gasteiger partial charge in [0.25, 0.3) is 11.3 Å². The Labute approximate surface area is 236 Å². The molecule has 0 aliphatic carbocycles. The minimum atomic E-state index is -2.79. The van der Waals surface area contributed by atoms with Crippen molar-refractivity contribution in [1.29, 1.82) is 0 Å². The number of nitrogens with one attached hydrogen (secondary N) is 1. The smallest absolute Gasteiger partial charge is 0.360 e. The van der Waals surface area contributed by atoms with E-state index in [1.807, 2.05) is 0 Å². The number of nitrogens with zero attached hydrogens (tertiary/aromatic N) is 1. The van der Waals surface area contributed by atoms with Crippen LogP contribution in [-0.4, -0.2) is 89.6 Å². The third-order valence-electron chi connectivity index (χ3n) is 5.67. The number of rotatable bonds is 10. The van der Waals surface area contributed by atoms with Gasteiger partial charge in [-0.2, -0.15) is 4.39 Å². The molecule has 232 valence electrons. The van der Waals surface area contributed by atoms with E-state index in [0.717, 1.165) is 41.7 Å². The first-order chi connectivity index (χ1) is 19.5. The first kappa shape index (κ1) is 33.6. The summed E-state index contributed by atoms with van der Waals surface area (Å²) in [7, 11) is 0.862. The van der Waals surface area contributed by atoms with Crippen molar-refractivity contribution in [2.24, 2.45) is 0 Å². The molecule has 0 saturated carbocycles. The van der Waals surface area contributed by atoms with Gasteiger partial charge in [-0.25, -0.2) is 9.59 Å². The number of methoxy groups -OCH3 is 1. The van der Waals surface area contributed by atoms with Gasteiger partial charge in [-0.05, 0) is 0 Å². The van der Waals surface area contributed by atoms with Gasteiger partial charge in [-0.15, -0.1) is 0 Å². The number of hydrogen-bond acceptors (Lipinski definition) is 15. The number of ether oxygens (including phenoxy) is 7. The van der Waals surface area contributed by atoms with Crippen LogP contribution in [0, 0.1) is 5.82 Å². The maximum atomic E-state index is 14.4. The Hall–Kier alpha value is -4.61. The number of aromatic nitrogens is 2. The second kappa shape index (κ2) is 13.8. The van der Waals surface area contributed by atoms with Crippen molar-refractivity contribution in [2.45, 2.75) is 77.3 Å². The van der Waals surface area contributed by atoms with Gasteiger partial charge in [0.15, 0.2) is 18.3 Å². The zero-order valence-electron chi connectivity index (χ0n) is 23.3. The van der Waals surface area contributed by atoms with Crippen LogP contribution in [0.15, 0.2) is 15.8 Å². The van der Waals surface area contributed by atoms with Crippen LogP contribution in [0.3, 0.4) is 0 Å². The average Bonchev–Trinajstić information content (AvgIpc) is 2.87. The van der Waals surface area contributed by atoms with Gasteiger partial charge in [0.05, 0.1) is 13.3 Å². The second-order valence-electron chi connectivity index (χ2n) is 8.92. The van der Waals surface area contributed by atoms with Crippen LogP contribution in [0.4, 0.5) is 4.39 Å². The minimum absolute atomic E-state index is 0.292. The normalized spacial score (nSPS) is 23.0. The summed E-state index contributed by atoms with van der Waals surface area (Å²) in [5.41, 5.74) is -5.63.